The highest BCUT2D eigenvalue weighted by molar-refractivity contribution is 5.85. The van der Waals surface area contributed by atoms with Crippen LogP contribution >= 0.6 is 12.4 Å². The summed E-state index contributed by atoms with van der Waals surface area (Å²) in [6.07, 6.45) is -2.45. The number of carboxylic acids is 1. The highest BCUT2D eigenvalue weighted by atomic mass is 35.5. The fourth-order valence-corrected chi connectivity index (χ4v) is 1.93. The largest absolute Gasteiger partial charge is 0.480 e. The average Bonchev–Trinajstić information content (AvgIpc) is 2.63. The first-order valence-electron chi connectivity index (χ1n) is 5.51. The van der Waals surface area contributed by atoms with Gasteiger partial charge in [0.05, 0.1) is 0 Å². The van der Waals surface area contributed by atoms with E-state index in [1.807, 2.05) is 0 Å². The van der Waals surface area contributed by atoms with Crippen molar-refractivity contribution in [2.75, 3.05) is 26.3 Å². The lowest BCUT2D eigenvalue weighted by atomic mass is 10.2. The molecule has 1 rings (SSSR count). The summed E-state index contributed by atoms with van der Waals surface area (Å²) in [6, 6.07) is -0.488. The minimum absolute atomic E-state index is 0. The third-order valence-electron chi connectivity index (χ3n) is 2.65. The molecule has 8 heteroatoms. The number of halogens is 4. The minimum Gasteiger partial charge on any atom is -0.480 e. The van der Waals surface area contributed by atoms with E-state index >= 15 is 0 Å². The van der Waals surface area contributed by atoms with Crippen molar-refractivity contribution in [2.45, 2.75) is 31.5 Å². The van der Waals surface area contributed by atoms with Gasteiger partial charge in [-0.25, -0.2) is 0 Å². The SMILES string of the molecule is Cl.O=C(O)[C@@H]1CCCN1CCCOCC(F)(F)F. The van der Waals surface area contributed by atoms with Gasteiger partial charge in [-0.2, -0.15) is 13.2 Å². The molecule has 4 nitrogen and oxygen atoms in total. The Hall–Kier alpha value is -0.530. The molecule has 0 aromatic heterocycles. The van der Waals surface area contributed by atoms with Crippen LogP contribution in [0.2, 0.25) is 0 Å². The van der Waals surface area contributed by atoms with E-state index in [1.54, 1.807) is 4.90 Å². The Morgan fingerprint density at radius 2 is 2.11 bits per heavy atom. The van der Waals surface area contributed by atoms with Crippen LogP contribution in [-0.4, -0.2) is 54.5 Å². The van der Waals surface area contributed by atoms with Gasteiger partial charge in [-0.05, 0) is 25.8 Å². The monoisotopic (exact) mass is 291 g/mol. The molecule has 1 N–H and O–H groups in total. The lowest BCUT2D eigenvalue weighted by Crippen LogP contribution is -2.36. The van der Waals surface area contributed by atoms with Crippen molar-refractivity contribution in [3.8, 4) is 0 Å². The second kappa shape index (κ2) is 7.81. The smallest absolute Gasteiger partial charge is 0.411 e. The van der Waals surface area contributed by atoms with E-state index in [4.69, 9.17) is 5.11 Å². The first-order chi connectivity index (χ1) is 7.90. The zero-order chi connectivity index (χ0) is 12.9. The summed E-state index contributed by atoms with van der Waals surface area (Å²) >= 11 is 0. The highest BCUT2D eigenvalue weighted by Gasteiger charge is 2.30. The summed E-state index contributed by atoms with van der Waals surface area (Å²) in [5.74, 6) is -0.862. The number of carbonyl (C=O) groups is 1. The van der Waals surface area contributed by atoms with Gasteiger partial charge in [-0.3, -0.25) is 9.69 Å². The Morgan fingerprint density at radius 3 is 2.67 bits per heavy atom. The molecule has 0 saturated carbocycles. The van der Waals surface area contributed by atoms with Crippen LogP contribution in [0.1, 0.15) is 19.3 Å². The normalized spacial score (nSPS) is 20.7. The van der Waals surface area contributed by atoms with Crippen LogP contribution < -0.4 is 0 Å². The topological polar surface area (TPSA) is 49.8 Å². The molecule has 0 bridgehead atoms. The summed E-state index contributed by atoms with van der Waals surface area (Å²) in [4.78, 5) is 12.6. The molecule has 1 aliphatic rings. The van der Waals surface area contributed by atoms with Crippen molar-refractivity contribution in [3.63, 3.8) is 0 Å². The maximum absolute atomic E-state index is 11.7. The van der Waals surface area contributed by atoms with E-state index in [1.165, 1.54) is 0 Å². The predicted octanol–water partition coefficient (Wildman–Crippen LogP) is 1.93. The molecule has 0 aliphatic carbocycles. The summed E-state index contributed by atoms with van der Waals surface area (Å²) in [5, 5.41) is 8.87. The van der Waals surface area contributed by atoms with E-state index in [-0.39, 0.29) is 19.0 Å². The lowest BCUT2D eigenvalue weighted by Gasteiger charge is -2.20. The van der Waals surface area contributed by atoms with Gasteiger partial charge in [0.2, 0.25) is 0 Å². The fourth-order valence-electron chi connectivity index (χ4n) is 1.93. The lowest BCUT2D eigenvalue weighted by molar-refractivity contribution is -0.174. The van der Waals surface area contributed by atoms with E-state index in [0.717, 1.165) is 6.42 Å². The number of carboxylic acid groups (broad SMARTS) is 1. The van der Waals surface area contributed by atoms with Gasteiger partial charge in [0.15, 0.2) is 0 Å². The molecule has 108 valence electrons. The van der Waals surface area contributed by atoms with Crippen molar-refractivity contribution in [1.29, 1.82) is 0 Å². The molecule has 0 aromatic carbocycles. The second-order valence-corrected chi connectivity index (χ2v) is 4.05. The first kappa shape index (κ1) is 17.5. The molecule has 1 aliphatic heterocycles. The Morgan fingerprint density at radius 1 is 1.44 bits per heavy atom. The van der Waals surface area contributed by atoms with E-state index in [0.29, 0.717) is 25.9 Å². The van der Waals surface area contributed by atoms with Crippen molar-refractivity contribution in [3.05, 3.63) is 0 Å². The van der Waals surface area contributed by atoms with Crippen LogP contribution in [0.15, 0.2) is 0 Å². The van der Waals surface area contributed by atoms with Crippen molar-refractivity contribution >= 4 is 18.4 Å². The van der Waals surface area contributed by atoms with Crippen LogP contribution in [-0.2, 0) is 9.53 Å². The summed E-state index contributed by atoms with van der Waals surface area (Å²) in [7, 11) is 0. The van der Waals surface area contributed by atoms with Crippen molar-refractivity contribution in [2.24, 2.45) is 0 Å². The Balaban J connectivity index is 0.00000289. The fraction of sp³-hybridized carbons (Fsp3) is 0.900. The summed E-state index contributed by atoms with van der Waals surface area (Å²) in [5.41, 5.74) is 0. The van der Waals surface area contributed by atoms with Crippen LogP contribution in [0, 0.1) is 0 Å². The number of likely N-dealkylation sites (tertiary alicyclic amines) is 1. The molecule has 1 heterocycles. The molecule has 0 aromatic rings. The zero-order valence-corrected chi connectivity index (χ0v) is 10.6. The number of alkyl halides is 3. The van der Waals surface area contributed by atoms with Crippen LogP contribution in [0.25, 0.3) is 0 Å². The molecular formula is C10H17ClF3NO3. The molecule has 0 unspecified atom stereocenters. The summed E-state index contributed by atoms with van der Waals surface area (Å²) < 4.78 is 39.7. The standard InChI is InChI=1S/C10H16F3NO3.ClH/c11-10(12,13)7-17-6-2-5-14-4-1-3-8(14)9(15)16;/h8H,1-7H2,(H,15,16);1H/t8-;/m0./s1. The van der Waals surface area contributed by atoms with E-state index in [2.05, 4.69) is 4.74 Å². The Labute approximate surface area is 109 Å². The van der Waals surface area contributed by atoms with E-state index < -0.39 is 24.8 Å². The maximum Gasteiger partial charge on any atom is 0.411 e. The average molecular weight is 292 g/mol. The van der Waals surface area contributed by atoms with Crippen LogP contribution in [0.4, 0.5) is 13.2 Å². The van der Waals surface area contributed by atoms with Crippen LogP contribution in [0.5, 0.6) is 0 Å². The van der Waals surface area contributed by atoms with E-state index in [9.17, 15) is 18.0 Å². The number of nitrogens with zero attached hydrogens (tertiary/aromatic N) is 1. The number of hydrogen-bond donors (Lipinski definition) is 1. The van der Waals surface area contributed by atoms with Gasteiger partial charge in [-0.15, -0.1) is 12.4 Å². The molecule has 1 saturated heterocycles. The van der Waals surface area contributed by atoms with Gasteiger partial charge < -0.3 is 9.84 Å². The third kappa shape index (κ3) is 6.42. The van der Waals surface area contributed by atoms with Gasteiger partial charge in [0, 0.05) is 13.2 Å². The van der Waals surface area contributed by atoms with Gasteiger partial charge in [0.25, 0.3) is 0 Å². The Bertz CT molecular complexity index is 263. The molecule has 1 fully saturated rings. The molecule has 0 radical (unpaired) electrons. The van der Waals surface area contributed by atoms with Gasteiger partial charge in [0.1, 0.15) is 12.6 Å². The highest BCUT2D eigenvalue weighted by Crippen LogP contribution is 2.18. The maximum atomic E-state index is 11.7. The molecule has 18 heavy (non-hydrogen) atoms. The number of rotatable bonds is 6. The molecular weight excluding hydrogens is 275 g/mol. The first-order valence-corrected chi connectivity index (χ1v) is 5.51. The molecule has 0 spiro atoms. The van der Waals surface area contributed by atoms with Gasteiger partial charge >= 0.3 is 12.1 Å². The number of ether oxygens (including phenoxy) is 1. The van der Waals surface area contributed by atoms with Gasteiger partial charge in [-0.1, -0.05) is 0 Å². The number of hydrogen-bond acceptors (Lipinski definition) is 3. The molecule has 1 atom stereocenters. The van der Waals surface area contributed by atoms with Crippen LogP contribution in [0.3, 0.4) is 0 Å². The van der Waals surface area contributed by atoms with Crippen molar-refractivity contribution in [1.82, 2.24) is 4.90 Å². The Kier molecular flexibility index (Phi) is 7.58. The minimum atomic E-state index is -4.29. The predicted molar refractivity (Wildman–Crippen MR) is 61.0 cm³/mol. The second-order valence-electron chi connectivity index (χ2n) is 4.05. The number of aliphatic carboxylic acids is 1. The summed E-state index contributed by atoms with van der Waals surface area (Å²) in [6.45, 7) is -0.0806. The molecule has 0 amide bonds. The third-order valence-corrected chi connectivity index (χ3v) is 2.65. The zero-order valence-electron chi connectivity index (χ0n) is 9.78. The van der Waals surface area contributed by atoms with Crippen molar-refractivity contribution < 1.29 is 27.8 Å². The quantitative estimate of drug-likeness (QED) is 0.760.